The number of carbonyl (C=O) groups excluding carboxylic acids is 1. The van der Waals surface area contributed by atoms with Crippen LogP contribution in [0.25, 0.3) is 0 Å². The highest BCUT2D eigenvalue weighted by Crippen LogP contribution is 2.26. The maximum absolute atomic E-state index is 11.9. The molecule has 3 N–H and O–H groups in total. The summed E-state index contributed by atoms with van der Waals surface area (Å²) in [4.78, 5) is 16.3. The van der Waals surface area contributed by atoms with Gasteiger partial charge in [0.05, 0.1) is 12.6 Å². The summed E-state index contributed by atoms with van der Waals surface area (Å²) >= 11 is 1.57. The van der Waals surface area contributed by atoms with E-state index in [1.807, 2.05) is 12.3 Å². The lowest BCUT2D eigenvalue weighted by atomic mass is 9.85. The molecule has 5 heteroatoms. The van der Waals surface area contributed by atoms with Crippen molar-refractivity contribution in [3.8, 4) is 0 Å². The van der Waals surface area contributed by atoms with Crippen LogP contribution in [-0.2, 0) is 11.3 Å². The van der Waals surface area contributed by atoms with Gasteiger partial charge in [0.15, 0.2) is 0 Å². The summed E-state index contributed by atoms with van der Waals surface area (Å²) in [6.07, 6.45) is 7.19. The van der Waals surface area contributed by atoms with Crippen molar-refractivity contribution in [1.29, 1.82) is 0 Å². The number of aromatic nitrogens is 1. The number of thiazole rings is 1. The Morgan fingerprint density at radius 1 is 1.53 bits per heavy atom. The van der Waals surface area contributed by atoms with E-state index < -0.39 is 0 Å². The summed E-state index contributed by atoms with van der Waals surface area (Å²) in [6, 6.07) is -0.371. The minimum atomic E-state index is -0.371. The first-order valence-electron chi connectivity index (χ1n) is 7.09. The Labute approximate surface area is 118 Å². The molecule has 1 heterocycles. The van der Waals surface area contributed by atoms with Gasteiger partial charge in [-0.15, -0.1) is 11.3 Å². The molecule has 1 saturated carbocycles. The first kappa shape index (κ1) is 14.5. The Bertz CT molecular complexity index is 413. The predicted molar refractivity (Wildman–Crippen MR) is 77.9 cm³/mol. The van der Waals surface area contributed by atoms with Crippen molar-refractivity contribution < 1.29 is 4.79 Å². The van der Waals surface area contributed by atoms with E-state index in [0.717, 1.165) is 17.1 Å². The molecule has 1 fully saturated rings. The second-order valence-electron chi connectivity index (χ2n) is 5.45. The van der Waals surface area contributed by atoms with Crippen molar-refractivity contribution in [1.82, 2.24) is 10.3 Å². The lowest BCUT2D eigenvalue weighted by molar-refractivity contribution is -0.123. The predicted octanol–water partition coefficient (Wildman–Crippen LogP) is 2.37. The molecule has 1 atom stereocenters. The van der Waals surface area contributed by atoms with Crippen LogP contribution in [0.3, 0.4) is 0 Å². The molecule has 0 spiro atoms. The van der Waals surface area contributed by atoms with Gasteiger partial charge in [-0.1, -0.05) is 32.1 Å². The molecule has 106 valence electrons. The monoisotopic (exact) mass is 281 g/mol. The summed E-state index contributed by atoms with van der Waals surface area (Å²) in [7, 11) is 0. The SMILES string of the molecule is Cc1csc(CNC(=O)C(N)CC2CCCCC2)n1. The number of hydrogen-bond acceptors (Lipinski definition) is 4. The van der Waals surface area contributed by atoms with Crippen molar-refractivity contribution >= 4 is 17.2 Å². The fourth-order valence-electron chi connectivity index (χ4n) is 2.67. The van der Waals surface area contributed by atoms with Crippen molar-refractivity contribution in [3.63, 3.8) is 0 Å². The molecule has 0 radical (unpaired) electrons. The smallest absolute Gasteiger partial charge is 0.237 e. The third kappa shape index (κ3) is 4.58. The van der Waals surface area contributed by atoms with Gasteiger partial charge >= 0.3 is 0 Å². The van der Waals surface area contributed by atoms with Crippen LogP contribution < -0.4 is 11.1 Å². The molecule has 1 unspecified atom stereocenters. The number of amides is 1. The molecular formula is C14H23N3OS. The maximum atomic E-state index is 11.9. The van der Waals surface area contributed by atoms with Gasteiger partial charge < -0.3 is 11.1 Å². The maximum Gasteiger partial charge on any atom is 0.237 e. The number of nitrogens with zero attached hydrogens (tertiary/aromatic N) is 1. The Hall–Kier alpha value is -0.940. The summed E-state index contributed by atoms with van der Waals surface area (Å²) < 4.78 is 0. The van der Waals surface area contributed by atoms with E-state index in [1.54, 1.807) is 11.3 Å². The minimum Gasteiger partial charge on any atom is -0.348 e. The zero-order valence-corrected chi connectivity index (χ0v) is 12.3. The minimum absolute atomic E-state index is 0.0431. The van der Waals surface area contributed by atoms with E-state index in [4.69, 9.17) is 5.73 Å². The van der Waals surface area contributed by atoms with Crippen molar-refractivity contribution in [2.45, 2.75) is 58.0 Å². The second-order valence-corrected chi connectivity index (χ2v) is 6.39. The van der Waals surface area contributed by atoms with Crippen LogP contribution >= 0.6 is 11.3 Å². The summed E-state index contributed by atoms with van der Waals surface area (Å²) in [5.74, 6) is 0.593. The third-order valence-electron chi connectivity index (χ3n) is 3.73. The van der Waals surface area contributed by atoms with Gasteiger partial charge in [0.25, 0.3) is 0 Å². The average molecular weight is 281 g/mol. The van der Waals surface area contributed by atoms with E-state index in [1.165, 1.54) is 32.1 Å². The molecule has 1 aliphatic rings. The highest BCUT2D eigenvalue weighted by atomic mass is 32.1. The van der Waals surface area contributed by atoms with Crippen LogP contribution in [0.4, 0.5) is 0 Å². The van der Waals surface area contributed by atoms with Crippen LogP contribution in [0.5, 0.6) is 0 Å². The number of carbonyl (C=O) groups is 1. The number of rotatable bonds is 5. The van der Waals surface area contributed by atoms with E-state index >= 15 is 0 Å². The van der Waals surface area contributed by atoms with E-state index in [2.05, 4.69) is 10.3 Å². The lowest BCUT2D eigenvalue weighted by Crippen LogP contribution is -2.41. The van der Waals surface area contributed by atoms with E-state index in [9.17, 15) is 4.79 Å². The van der Waals surface area contributed by atoms with Crippen molar-refractivity contribution in [2.24, 2.45) is 11.7 Å². The summed E-state index contributed by atoms with van der Waals surface area (Å²) in [6.45, 7) is 2.45. The molecule has 0 bridgehead atoms. The average Bonchev–Trinajstić information content (AvgIpc) is 2.83. The topological polar surface area (TPSA) is 68.0 Å². The van der Waals surface area contributed by atoms with Gasteiger partial charge in [-0.3, -0.25) is 4.79 Å². The Morgan fingerprint density at radius 2 is 2.26 bits per heavy atom. The molecule has 2 rings (SSSR count). The van der Waals surface area contributed by atoms with Crippen LogP contribution in [0, 0.1) is 12.8 Å². The third-order valence-corrected chi connectivity index (χ3v) is 4.70. The lowest BCUT2D eigenvalue weighted by Gasteiger charge is -2.24. The van der Waals surface area contributed by atoms with Crippen LogP contribution in [-0.4, -0.2) is 16.9 Å². The van der Waals surface area contributed by atoms with Gasteiger partial charge in [-0.2, -0.15) is 0 Å². The van der Waals surface area contributed by atoms with Gasteiger partial charge in [0, 0.05) is 11.1 Å². The van der Waals surface area contributed by atoms with Gasteiger partial charge in [-0.25, -0.2) is 4.98 Å². The quantitative estimate of drug-likeness (QED) is 0.870. The van der Waals surface area contributed by atoms with Crippen molar-refractivity contribution in [3.05, 3.63) is 16.1 Å². The molecule has 1 aromatic heterocycles. The number of nitrogens with two attached hydrogens (primary N) is 1. The molecule has 19 heavy (non-hydrogen) atoms. The number of nitrogens with one attached hydrogen (secondary N) is 1. The summed E-state index contributed by atoms with van der Waals surface area (Å²) in [5.41, 5.74) is 6.99. The molecule has 1 aliphatic carbocycles. The Kier molecular flexibility index (Phi) is 5.34. The molecule has 1 amide bonds. The van der Waals surface area contributed by atoms with Gasteiger partial charge in [0.1, 0.15) is 5.01 Å². The fourth-order valence-corrected chi connectivity index (χ4v) is 3.38. The molecule has 0 aromatic carbocycles. The zero-order valence-electron chi connectivity index (χ0n) is 11.5. The van der Waals surface area contributed by atoms with Gasteiger partial charge in [0.2, 0.25) is 5.91 Å². The standard InChI is InChI=1S/C14H23N3OS/c1-10-9-19-13(17-10)8-16-14(18)12(15)7-11-5-3-2-4-6-11/h9,11-12H,2-8,15H2,1H3,(H,16,18). The van der Waals surface area contributed by atoms with Crippen molar-refractivity contribution in [2.75, 3.05) is 0 Å². The molecule has 4 nitrogen and oxygen atoms in total. The zero-order chi connectivity index (χ0) is 13.7. The Balaban J connectivity index is 1.72. The Morgan fingerprint density at radius 3 is 2.89 bits per heavy atom. The van der Waals surface area contributed by atoms with Crippen LogP contribution in [0.2, 0.25) is 0 Å². The van der Waals surface area contributed by atoms with Crippen LogP contribution in [0.15, 0.2) is 5.38 Å². The highest BCUT2D eigenvalue weighted by molar-refractivity contribution is 7.09. The molecular weight excluding hydrogens is 258 g/mol. The van der Waals surface area contributed by atoms with Gasteiger partial charge in [-0.05, 0) is 19.3 Å². The fraction of sp³-hybridized carbons (Fsp3) is 0.714. The van der Waals surface area contributed by atoms with Crippen LogP contribution in [0.1, 0.15) is 49.2 Å². The number of aryl methyl sites for hydroxylation is 1. The largest absolute Gasteiger partial charge is 0.348 e. The first-order chi connectivity index (χ1) is 9.15. The van der Waals surface area contributed by atoms with E-state index in [-0.39, 0.29) is 11.9 Å². The molecule has 0 aliphatic heterocycles. The van der Waals surface area contributed by atoms with E-state index in [0.29, 0.717) is 12.5 Å². The molecule has 0 saturated heterocycles. The summed E-state index contributed by atoms with van der Waals surface area (Å²) in [5, 5.41) is 5.82. The number of hydrogen-bond donors (Lipinski definition) is 2. The second kappa shape index (κ2) is 7.01. The normalized spacial score (nSPS) is 18.2. The highest BCUT2D eigenvalue weighted by Gasteiger charge is 2.21. The molecule has 1 aromatic rings. The first-order valence-corrected chi connectivity index (χ1v) is 7.97.